The van der Waals surface area contributed by atoms with Crippen LogP contribution in [0, 0.1) is 0 Å². The van der Waals surface area contributed by atoms with Crippen molar-refractivity contribution in [3.8, 4) is 0 Å². The zero-order valence-electron chi connectivity index (χ0n) is 8.66. The van der Waals surface area contributed by atoms with E-state index in [2.05, 4.69) is 5.32 Å². The summed E-state index contributed by atoms with van der Waals surface area (Å²) in [4.78, 5) is 11.3. The Balaban J connectivity index is 2.03. The van der Waals surface area contributed by atoms with E-state index in [1.165, 1.54) is 0 Å². The number of aliphatic hydroxyl groups excluding tert-OH is 1. The number of carbonyl (C=O) groups is 1. The van der Waals surface area contributed by atoms with Crippen molar-refractivity contribution < 1.29 is 14.6 Å². The first-order valence-electron chi connectivity index (χ1n) is 5.25. The molecule has 1 aliphatic rings. The van der Waals surface area contributed by atoms with Crippen molar-refractivity contribution in [1.29, 1.82) is 0 Å². The first-order chi connectivity index (χ1) is 6.68. The molecule has 82 valence electrons. The summed E-state index contributed by atoms with van der Waals surface area (Å²) >= 11 is 0. The molecule has 0 aromatic heterocycles. The third-order valence-electron chi connectivity index (χ3n) is 2.32. The summed E-state index contributed by atoms with van der Waals surface area (Å²) in [6, 6.07) is 0. The average Bonchev–Trinajstić information content (AvgIpc) is 2.56. The number of rotatable bonds is 5. The lowest BCUT2D eigenvalue weighted by Crippen LogP contribution is -2.29. The van der Waals surface area contributed by atoms with Crippen LogP contribution in [-0.4, -0.2) is 36.4 Å². The first-order valence-corrected chi connectivity index (χ1v) is 5.25. The van der Waals surface area contributed by atoms with Crippen molar-refractivity contribution in [2.45, 2.75) is 44.8 Å². The molecular formula is C10H19NO3. The molecule has 0 aromatic rings. The number of hydrogen-bond donors (Lipinski definition) is 2. The molecule has 0 saturated carbocycles. The van der Waals surface area contributed by atoms with E-state index in [0.717, 1.165) is 19.4 Å². The third kappa shape index (κ3) is 4.58. The Kier molecular flexibility index (Phi) is 4.90. The maximum Gasteiger partial charge on any atom is 0.222 e. The summed E-state index contributed by atoms with van der Waals surface area (Å²) < 4.78 is 5.34. The van der Waals surface area contributed by atoms with Gasteiger partial charge in [0.2, 0.25) is 5.91 Å². The maximum atomic E-state index is 11.3. The van der Waals surface area contributed by atoms with Crippen LogP contribution < -0.4 is 5.32 Å². The molecule has 0 bridgehead atoms. The maximum absolute atomic E-state index is 11.3. The van der Waals surface area contributed by atoms with Gasteiger partial charge in [-0.2, -0.15) is 0 Å². The Morgan fingerprint density at radius 3 is 3.07 bits per heavy atom. The smallest absolute Gasteiger partial charge is 0.222 e. The topological polar surface area (TPSA) is 58.6 Å². The van der Waals surface area contributed by atoms with Crippen molar-refractivity contribution >= 4 is 5.91 Å². The summed E-state index contributed by atoms with van der Waals surface area (Å²) in [5.41, 5.74) is 0. The number of amides is 1. The van der Waals surface area contributed by atoms with Gasteiger partial charge in [-0.1, -0.05) is 0 Å². The minimum Gasteiger partial charge on any atom is -0.393 e. The van der Waals surface area contributed by atoms with Crippen LogP contribution in [-0.2, 0) is 9.53 Å². The van der Waals surface area contributed by atoms with Crippen molar-refractivity contribution in [2.24, 2.45) is 0 Å². The number of hydrogen-bond acceptors (Lipinski definition) is 3. The summed E-state index contributed by atoms with van der Waals surface area (Å²) in [5.74, 6) is 0.0255. The molecule has 1 heterocycles. The molecule has 1 amide bonds. The Morgan fingerprint density at radius 2 is 2.50 bits per heavy atom. The molecule has 0 aromatic carbocycles. The van der Waals surface area contributed by atoms with Gasteiger partial charge in [-0.15, -0.1) is 0 Å². The van der Waals surface area contributed by atoms with Gasteiger partial charge in [0.25, 0.3) is 0 Å². The molecule has 0 radical (unpaired) electrons. The minimum absolute atomic E-state index is 0.0255. The molecule has 1 fully saturated rings. The third-order valence-corrected chi connectivity index (χ3v) is 2.32. The van der Waals surface area contributed by atoms with E-state index in [-0.39, 0.29) is 18.1 Å². The van der Waals surface area contributed by atoms with E-state index in [4.69, 9.17) is 9.84 Å². The zero-order chi connectivity index (χ0) is 10.4. The van der Waals surface area contributed by atoms with Crippen molar-refractivity contribution in [1.82, 2.24) is 5.32 Å². The molecule has 14 heavy (non-hydrogen) atoms. The van der Waals surface area contributed by atoms with Crippen LogP contribution in [0.5, 0.6) is 0 Å². The fraction of sp³-hybridized carbons (Fsp3) is 0.900. The SMILES string of the molecule is CC(O)CCNC(=O)CC1CCCO1. The second-order valence-corrected chi connectivity index (χ2v) is 3.83. The monoisotopic (exact) mass is 201 g/mol. The van der Waals surface area contributed by atoms with E-state index in [0.29, 0.717) is 19.4 Å². The van der Waals surface area contributed by atoms with Gasteiger partial charge in [-0.3, -0.25) is 4.79 Å². The molecule has 1 aliphatic heterocycles. The highest BCUT2D eigenvalue weighted by Crippen LogP contribution is 2.14. The normalized spacial score (nSPS) is 23.4. The molecule has 1 saturated heterocycles. The number of carbonyl (C=O) groups excluding carboxylic acids is 1. The fourth-order valence-electron chi connectivity index (χ4n) is 1.50. The van der Waals surface area contributed by atoms with Crippen LogP contribution in [0.25, 0.3) is 0 Å². The van der Waals surface area contributed by atoms with E-state index in [9.17, 15) is 4.79 Å². The molecule has 0 aliphatic carbocycles. The molecule has 0 spiro atoms. The summed E-state index contributed by atoms with van der Waals surface area (Å²) in [7, 11) is 0. The quantitative estimate of drug-likeness (QED) is 0.678. The number of ether oxygens (including phenoxy) is 1. The second-order valence-electron chi connectivity index (χ2n) is 3.83. The van der Waals surface area contributed by atoms with E-state index in [1.54, 1.807) is 6.92 Å². The zero-order valence-corrected chi connectivity index (χ0v) is 8.66. The largest absolute Gasteiger partial charge is 0.393 e. The van der Waals surface area contributed by atoms with Crippen LogP contribution >= 0.6 is 0 Å². The van der Waals surface area contributed by atoms with Gasteiger partial charge in [0.1, 0.15) is 0 Å². The van der Waals surface area contributed by atoms with Gasteiger partial charge in [-0.25, -0.2) is 0 Å². The van der Waals surface area contributed by atoms with E-state index >= 15 is 0 Å². The van der Waals surface area contributed by atoms with Crippen molar-refractivity contribution in [3.05, 3.63) is 0 Å². The molecule has 2 atom stereocenters. The van der Waals surface area contributed by atoms with Gasteiger partial charge >= 0.3 is 0 Å². The van der Waals surface area contributed by atoms with Gasteiger partial charge < -0.3 is 15.2 Å². The molecular weight excluding hydrogens is 182 g/mol. The molecule has 4 nitrogen and oxygen atoms in total. The van der Waals surface area contributed by atoms with Gasteiger partial charge in [0.05, 0.1) is 18.6 Å². The first kappa shape index (κ1) is 11.5. The highest BCUT2D eigenvalue weighted by atomic mass is 16.5. The van der Waals surface area contributed by atoms with E-state index in [1.807, 2.05) is 0 Å². The summed E-state index contributed by atoms with van der Waals surface area (Å²) in [6.45, 7) is 3.04. The van der Waals surface area contributed by atoms with Crippen molar-refractivity contribution in [2.75, 3.05) is 13.2 Å². The number of nitrogens with one attached hydrogen (secondary N) is 1. The molecule has 2 N–H and O–H groups in total. The highest BCUT2D eigenvalue weighted by Gasteiger charge is 2.18. The number of aliphatic hydroxyl groups is 1. The van der Waals surface area contributed by atoms with Gasteiger partial charge in [0, 0.05) is 13.2 Å². The predicted octanol–water partition coefficient (Wildman–Crippen LogP) is 0.443. The lowest BCUT2D eigenvalue weighted by molar-refractivity contribution is -0.123. The predicted molar refractivity (Wildman–Crippen MR) is 52.9 cm³/mol. The molecule has 4 heteroatoms. The molecule has 1 rings (SSSR count). The van der Waals surface area contributed by atoms with Crippen LogP contribution in [0.15, 0.2) is 0 Å². The van der Waals surface area contributed by atoms with Crippen LogP contribution in [0.2, 0.25) is 0 Å². The fourth-order valence-corrected chi connectivity index (χ4v) is 1.50. The Labute approximate surface area is 84.6 Å². The molecule has 2 unspecified atom stereocenters. The highest BCUT2D eigenvalue weighted by molar-refractivity contribution is 5.76. The summed E-state index contributed by atoms with van der Waals surface area (Å²) in [6.07, 6.45) is 2.88. The van der Waals surface area contributed by atoms with Gasteiger partial charge in [0.15, 0.2) is 0 Å². The standard InChI is InChI=1S/C10H19NO3/c1-8(12)4-5-11-10(13)7-9-3-2-6-14-9/h8-9,12H,2-7H2,1H3,(H,11,13). The Hall–Kier alpha value is -0.610. The van der Waals surface area contributed by atoms with E-state index < -0.39 is 0 Å². The Bertz CT molecular complexity index is 176. The van der Waals surface area contributed by atoms with Gasteiger partial charge in [-0.05, 0) is 26.2 Å². The lowest BCUT2D eigenvalue weighted by atomic mass is 10.2. The average molecular weight is 201 g/mol. The van der Waals surface area contributed by atoms with Crippen molar-refractivity contribution in [3.63, 3.8) is 0 Å². The van der Waals surface area contributed by atoms with Crippen LogP contribution in [0.3, 0.4) is 0 Å². The summed E-state index contributed by atoms with van der Waals surface area (Å²) in [5, 5.41) is 11.7. The van der Waals surface area contributed by atoms with Crippen LogP contribution in [0.1, 0.15) is 32.6 Å². The minimum atomic E-state index is -0.349. The second kappa shape index (κ2) is 5.98. The Morgan fingerprint density at radius 1 is 1.71 bits per heavy atom. The van der Waals surface area contributed by atoms with Crippen LogP contribution in [0.4, 0.5) is 0 Å². The lowest BCUT2D eigenvalue weighted by Gasteiger charge is -2.10.